The third-order valence-electron chi connectivity index (χ3n) is 3.90. The predicted molar refractivity (Wildman–Crippen MR) is 84.9 cm³/mol. The Morgan fingerprint density at radius 2 is 2.15 bits per heavy atom. The van der Waals surface area contributed by atoms with Crippen molar-refractivity contribution in [3.8, 4) is 0 Å². The number of allylic oxidation sites excluding steroid dienone is 1. The molecule has 20 heavy (non-hydrogen) atoms. The summed E-state index contributed by atoms with van der Waals surface area (Å²) in [5.41, 5.74) is 1.20. The van der Waals surface area contributed by atoms with E-state index in [0.29, 0.717) is 6.04 Å². The van der Waals surface area contributed by atoms with E-state index in [1.807, 2.05) is 0 Å². The van der Waals surface area contributed by atoms with Gasteiger partial charge in [-0.2, -0.15) is 5.10 Å². The SMILES string of the molecule is CC(C)CNCCC=CCc1ccn(C2CCCC2)n1. The Morgan fingerprint density at radius 3 is 2.90 bits per heavy atom. The summed E-state index contributed by atoms with van der Waals surface area (Å²) in [6.45, 7) is 6.66. The molecule has 1 N–H and O–H groups in total. The van der Waals surface area contributed by atoms with Gasteiger partial charge in [0.2, 0.25) is 0 Å². The number of rotatable bonds is 8. The highest BCUT2D eigenvalue weighted by atomic mass is 15.3. The molecule has 0 amide bonds. The molecule has 1 saturated carbocycles. The largest absolute Gasteiger partial charge is 0.316 e. The van der Waals surface area contributed by atoms with Crippen LogP contribution in [-0.4, -0.2) is 22.9 Å². The van der Waals surface area contributed by atoms with Gasteiger partial charge >= 0.3 is 0 Å². The van der Waals surface area contributed by atoms with E-state index in [4.69, 9.17) is 5.10 Å². The fourth-order valence-corrected chi connectivity index (χ4v) is 2.76. The van der Waals surface area contributed by atoms with Crippen LogP contribution >= 0.6 is 0 Å². The maximum atomic E-state index is 4.70. The van der Waals surface area contributed by atoms with Crippen LogP contribution in [0.3, 0.4) is 0 Å². The first-order valence-corrected chi connectivity index (χ1v) is 8.15. The van der Waals surface area contributed by atoms with E-state index in [9.17, 15) is 0 Å². The van der Waals surface area contributed by atoms with Crippen molar-refractivity contribution in [1.29, 1.82) is 0 Å². The van der Waals surface area contributed by atoms with Gasteiger partial charge in [0.05, 0.1) is 11.7 Å². The molecule has 3 nitrogen and oxygen atoms in total. The number of nitrogens with zero attached hydrogens (tertiary/aromatic N) is 2. The van der Waals surface area contributed by atoms with Crippen molar-refractivity contribution in [3.63, 3.8) is 0 Å². The van der Waals surface area contributed by atoms with Crippen molar-refractivity contribution in [3.05, 3.63) is 30.1 Å². The third-order valence-corrected chi connectivity index (χ3v) is 3.90. The van der Waals surface area contributed by atoms with Crippen molar-refractivity contribution >= 4 is 0 Å². The Bertz CT molecular complexity index is 400. The highest BCUT2D eigenvalue weighted by Gasteiger charge is 2.17. The lowest BCUT2D eigenvalue weighted by Gasteiger charge is -2.08. The van der Waals surface area contributed by atoms with Crippen LogP contribution in [0, 0.1) is 5.92 Å². The van der Waals surface area contributed by atoms with Gasteiger partial charge in [0.15, 0.2) is 0 Å². The van der Waals surface area contributed by atoms with Gasteiger partial charge in [0, 0.05) is 12.6 Å². The van der Waals surface area contributed by atoms with Crippen LogP contribution in [0.25, 0.3) is 0 Å². The standard InChI is InChI=1S/C17H29N3/c1-15(2)14-18-12-7-3-4-8-16-11-13-20(19-16)17-9-5-6-10-17/h3-4,11,13,15,17-18H,5-10,12,14H2,1-2H3. The maximum absolute atomic E-state index is 4.70. The zero-order valence-corrected chi connectivity index (χ0v) is 13.0. The van der Waals surface area contributed by atoms with E-state index in [1.165, 1.54) is 31.4 Å². The molecular weight excluding hydrogens is 246 g/mol. The highest BCUT2D eigenvalue weighted by molar-refractivity contribution is 5.05. The van der Waals surface area contributed by atoms with E-state index < -0.39 is 0 Å². The minimum atomic E-state index is 0.660. The van der Waals surface area contributed by atoms with Gasteiger partial charge in [0.1, 0.15) is 0 Å². The second-order valence-electron chi connectivity index (χ2n) is 6.29. The van der Waals surface area contributed by atoms with E-state index in [-0.39, 0.29) is 0 Å². The normalized spacial score (nSPS) is 16.8. The minimum Gasteiger partial charge on any atom is -0.316 e. The van der Waals surface area contributed by atoms with Crippen LogP contribution in [-0.2, 0) is 6.42 Å². The molecule has 3 heteroatoms. The molecule has 112 valence electrons. The lowest BCUT2D eigenvalue weighted by Crippen LogP contribution is -2.20. The number of nitrogens with one attached hydrogen (secondary N) is 1. The molecule has 2 rings (SSSR count). The van der Waals surface area contributed by atoms with E-state index in [0.717, 1.165) is 31.8 Å². The molecule has 1 fully saturated rings. The molecular formula is C17H29N3. The summed E-state index contributed by atoms with van der Waals surface area (Å²) in [5, 5.41) is 8.15. The van der Waals surface area contributed by atoms with Gasteiger partial charge in [-0.15, -0.1) is 0 Å². The van der Waals surface area contributed by atoms with E-state index >= 15 is 0 Å². The first-order chi connectivity index (χ1) is 9.75. The molecule has 0 spiro atoms. The molecule has 1 heterocycles. The van der Waals surface area contributed by atoms with E-state index in [1.54, 1.807) is 0 Å². The third kappa shape index (κ3) is 5.12. The van der Waals surface area contributed by atoms with Gasteiger partial charge in [-0.05, 0) is 44.3 Å². The van der Waals surface area contributed by atoms with Gasteiger partial charge in [-0.1, -0.05) is 38.8 Å². The predicted octanol–water partition coefficient (Wildman–Crippen LogP) is 3.73. The molecule has 0 saturated heterocycles. The summed E-state index contributed by atoms with van der Waals surface area (Å²) < 4.78 is 2.18. The van der Waals surface area contributed by atoms with Gasteiger partial charge in [0.25, 0.3) is 0 Å². The van der Waals surface area contributed by atoms with Crippen molar-refractivity contribution < 1.29 is 0 Å². The second kappa shape index (κ2) is 8.25. The summed E-state index contributed by atoms with van der Waals surface area (Å²) >= 11 is 0. The smallest absolute Gasteiger partial charge is 0.0662 e. The van der Waals surface area contributed by atoms with Crippen molar-refractivity contribution in [2.75, 3.05) is 13.1 Å². The number of hydrogen-bond donors (Lipinski definition) is 1. The fraction of sp³-hybridized carbons (Fsp3) is 0.706. The lowest BCUT2D eigenvalue weighted by atomic mass is 10.2. The van der Waals surface area contributed by atoms with Crippen molar-refractivity contribution in [2.45, 2.75) is 58.4 Å². The Hall–Kier alpha value is -1.09. The maximum Gasteiger partial charge on any atom is 0.0662 e. The van der Waals surface area contributed by atoms with Crippen LogP contribution in [0.5, 0.6) is 0 Å². The van der Waals surface area contributed by atoms with Crippen LogP contribution < -0.4 is 5.32 Å². The molecule has 0 aromatic carbocycles. The molecule has 1 aromatic heterocycles. The first kappa shape index (κ1) is 15.3. The van der Waals surface area contributed by atoms with E-state index in [2.05, 4.69) is 48.3 Å². The topological polar surface area (TPSA) is 29.9 Å². The first-order valence-electron chi connectivity index (χ1n) is 8.15. The molecule has 1 aliphatic carbocycles. The minimum absolute atomic E-state index is 0.660. The molecule has 0 bridgehead atoms. The Kier molecular flexibility index (Phi) is 6.31. The second-order valence-corrected chi connectivity index (χ2v) is 6.29. The molecule has 1 aromatic rings. The van der Waals surface area contributed by atoms with Crippen molar-refractivity contribution in [1.82, 2.24) is 15.1 Å². The van der Waals surface area contributed by atoms with Crippen LogP contribution in [0.2, 0.25) is 0 Å². The number of aromatic nitrogens is 2. The fourth-order valence-electron chi connectivity index (χ4n) is 2.76. The summed E-state index contributed by atoms with van der Waals surface area (Å²) in [5.74, 6) is 0.735. The van der Waals surface area contributed by atoms with Crippen LogP contribution in [0.4, 0.5) is 0 Å². The van der Waals surface area contributed by atoms with Crippen molar-refractivity contribution in [2.24, 2.45) is 5.92 Å². The molecule has 0 aliphatic heterocycles. The molecule has 0 unspecified atom stereocenters. The molecule has 0 radical (unpaired) electrons. The zero-order chi connectivity index (χ0) is 14.2. The molecule has 0 atom stereocenters. The average molecular weight is 275 g/mol. The van der Waals surface area contributed by atoms with Gasteiger partial charge in [-0.3, -0.25) is 4.68 Å². The summed E-state index contributed by atoms with van der Waals surface area (Å²) in [6.07, 6.45) is 14.1. The van der Waals surface area contributed by atoms with Crippen LogP contribution in [0.15, 0.2) is 24.4 Å². The Balaban J connectivity index is 1.63. The monoisotopic (exact) mass is 275 g/mol. The quantitative estimate of drug-likeness (QED) is 0.578. The summed E-state index contributed by atoms with van der Waals surface area (Å²) in [6, 6.07) is 2.83. The van der Waals surface area contributed by atoms with Gasteiger partial charge < -0.3 is 5.32 Å². The lowest BCUT2D eigenvalue weighted by molar-refractivity contribution is 0.464. The highest BCUT2D eigenvalue weighted by Crippen LogP contribution is 2.28. The van der Waals surface area contributed by atoms with Gasteiger partial charge in [-0.25, -0.2) is 0 Å². The summed E-state index contributed by atoms with van der Waals surface area (Å²) in [4.78, 5) is 0. The average Bonchev–Trinajstić information content (AvgIpc) is 3.08. The summed E-state index contributed by atoms with van der Waals surface area (Å²) in [7, 11) is 0. The zero-order valence-electron chi connectivity index (χ0n) is 13.0. The Labute approximate surface area is 123 Å². The molecule has 1 aliphatic rings. The Morgan fingerprint density at radius 1 is 1.35 bits per heavy atom. The van der Waals surface area contributed by atoms with Crippen LogP contribution in [0.1, 0.15) is 57.7 Å². The number of hydrogen-bond acceptors (Lipinski definition) is 2.